The summed E-state index contributed by atoms with van der Waals surface area (Å²) in [6.45, 7) is 6.53. The van der Waals surface area contributed by atoms with Crippen LogP contribution in [0.25, 0.3) is 0 Å². The topological polar surface area (TPSA) is 26.3 Å². The molecule has 14 heavy (non-hydrogen) atoms. The number of rotatable bonds is 4. The van der Waals surface area contributed by atoms with Gasteiger partial charge in [0.05, 0.1) is 6.42 Å². The molecule has 2 nitrogen and oxygen atoms in total. The van der Waals surface area contributed by atoms with Gasteiger partial charge in [0.25, 0.3) is 0 Å². The molecule has 0 aliphatic carbocycles. The van der Waals surface area contributed by atoms with Gasteiger partial charge in [0.2, 0.25) is 5.92 Å². The largest absolute Gasteiger partial charge is 0.460 e. The van der Waals surface area contributed by atoms with Crippen LogP contribution in [0.4, 0.5) is 8.78 Å². The summed E-state index contributed by atoms with van der Waals surface area (Å²) < 4.78 is 30.4. The molecule has 0 bridgehead atoms. The molecule has 0 unspecified atom stereocenters. The third-order valence-electron chi connectivity index (χ3n) is 1.63. The fourth-order valence-electron chi connectivity index (χ4n) is 0.854. The van der Waals surface area contributed by atoms with E-state index in [0.717, 1.165) is 0 Å². The van der Waals surface area contributed by atoms with Crippen LogP contribution in [0.2, 0.25) is 0 Å². The average Bonchev–Trinajstić information content (AvgIpc) is 1.98. The molecule has 0 radical (unpaired) electrons. The van der Waals surface area contributed by atoms with Crippen molar-refractivity contribution in [2.24, 2.45) is 0 Å². The van der Waals surface area contributed by atoms with Crippen LogP contribution in [0.1, 0.15) is 47.0 Å². The van der Waals surface area contributed by atoms with Gasteiger partial charge >= 0.3 is 5.97 Å². The molecular formula is C10H18F2O2. The van der Waals surface area contributed by atoms with Gasteiger partial charge in [-0.25, -0.2) is 8.78 Å². The third-order valence-corrected chi connectivity index (χ3v) is 1.63. The first-order valence-electron chi connectivity index (χ1n) is 4.76. The molecule has 0 saturated carbocycles. The van der Waals surface area contributed by atoms with Gasteiger partial charge in [-0.2, -0.15) is 0 Å². The van der Waals surface area contributed by atoms with Crippen LogP contribution >= 0.6 is 0 Å². The molecule has 0 spiro atoms. The smallest absolute Gasteiger partial charge is 0.306 e. The summed E-state index contributed by atoms with van der Waals surface area (Å²) in [6.07, 6.45) is -0.897. The van der Waals surface area contributed by atoms with Crippen molar-refractivity contribution in [2.75, 3.05) is 0 Å². The Bertz CT molecular complexity index is 195. The highest BCUT2D eigenvalue weighted by molar-refractivity contribution is 5.69. The van der Waals surface area contributed by atoms with Crippen molar-refractivity contribution in [3.05, 3.63) is 0 Å². The van der Waals surface area contributed by atoms with Crippen molar-refractivity contribution in [1.82, 2.24) is 0 Å². The van der Waals surface area contributed by atoms with Gasteiger partial charge in [-0.1, -0.05) is 6.92 Å². The van der Waals surface area contributed by atoms with Crippen molar-refractivity contribution < 1.29 is 18.3 Å². The third kappa shape index (κ3) is 6.80. The molecule has 0 aromatic rings. The number of carbonyl (C=O) groups is 1. The quantitative estimate of drug-likeness (QED) is 0.663. The summed E-state index contributed by atoms with van der Waals surface area (Å²) >= 11 is 0. The predicted octanol–water partition coefficient (Wildman–Crippen LogP) is 3.15. The summed E-state index contributed by atoms with van der Waals surface area (Å²) in [5.74, 6) is -3.32. The Morgan fingerprint density at radius 3 is 2.14 bits per heavy atom. The first-order chi connectivity index (χ1) is 6.16. The molecule has 0 fully saturated rings. The van der Waals surface area contributed by atoms with Gasteiger partial charge < -0.3 is 4.74 Å². The summed E-state index contributed by atoms with van der Waals surface area (Å²) in [5.41, 5.74) is -0.599. The van der Waals surface area contributed by atoms with Crippen LogP contribution in [-0.4, -0.2) is 17.5 Å². The number of ether oxygens (including phenoxy) is 1. The zero-order valence-corrected chi connectivity index (χ0v) is 9.19. The molecule has 0 saturated heterocycles. The Hall–Kier alpha value is -0.670. The van der Waals surface area contributed by atoms with Crippen LogP contribution in [-0.2, 0) is 9.53 Å². The second-order valence-corrected chi connectivity index (χ2v) is 4.30. The van der Waals surface area contributed by atoms with E-state index in [1.165, 1.54) is 6.92 Å². The summed E-state index contributed by atoms with van der Waals surface area (Å²) in [7, 11) is 0. The fourth-order valence-corrected chi connectivity index (χ4v) is 0.854. The van der Waals surface area contributed by atoms with Gasteiger partial charge in [-0.3, -0.25) is 4.79 Å². The molecule has 0 heterocycles. The van der Waals surface area contributed by atoms with E-state index in [1.807, 2.05) is 0 Å². The maximum Gasteiger partial charge on any atom is 0.306 e. The first-order valence-corrected chi connectivity index (χ1v) is 4.76. The normalized spacial score (nSPS) is 12.7. The number of halogens is 2. The number of hydrogen-bond acceptors (Lipinski definition) is 2. The monoisotopic (exact) mass is 208 g/mol. The molecule has 0 aliphatic rings. The van der Waals surface area contributed by atoms with Gasteiger partial charge in [0.1, 0.15) is 5.60 Å². The van der Waals surface area contributed by atoms with Gasteiger partial charge in [0, 0.05) is 12.8 Å². The van der Waals surface area contributed by atoms with Crippen LogP contribution in [0.5, 0.6) is 0 Å². The zero-order valence-electron chi connectivity index (χ0n) is 9.19. The SMILES string of the molecule is CCC(F)(F)CCC(=O)OC(C)(C)C. The van der Waals surface area contributed by atoms with Crippen molar-refractivity contribution in [3.8, 4) is 0 Å². The predicted molar refractivity (Wildman–Crippen MR) is 50.3 cm³/mol. The van der Waals surface area contributed by atoms with E-state index in [2.05, 4.69) is 0 Å². The van der Waals surface area contributed by atoms with E-state index < -0.39 is 23.9 Å². The second-order valence-electron chi connectivity index (χ2n) is 4.30. The van der Waals surface area contributed by atoms with Gasteiger partial charge in [-0.05, 0) is 20.8 Å². The van der Waals surface area contributed by atoms with E-state index in [4.69, 9.17) is 4.74 Å². The van der Waals surface area contributed by atoms with Crippen molar-refractivity contribution in [3.63, 3.8) is 0 Å². The fraction of sp³-hybridized carbons (Fsp3) is 0.900. The van der Waals surface area contributed by atoms with E-state index in [-0.39, 0.29) is 12.8 Å². The number of hydrogen-bond donors (Lipinski definition) is 0. The molecule has 0 atom stereocenters. The Morgan fingerprint density at radius 2 is 1.79 bits per heavy atom. The van der Waals surface area contributed by atoms with E-state index >= 15 is 0 Å². The summed E-state index contributed by atoms with van der Waals surface area (Å²) in [6, 6.07) is 0. The second kappa shape index (κ2) is 4.71. The maximum absolute atomic E-state index is 12.7. The standard InChI is InChI=1S/C10H18F2O2/c1-5-10(11,12)7-6-8(13)14-9(2,3)4/h5-7H2,1-4H3. The minimum Gasteiger partial charge on any atom is -0.460 e. The molecule has 4 heteroatoms. The summed E-state index contributed by atoms with van der Waals surface area (Å²) in [5, 5.41) is 0. The van der Waals surface area contributed by atoms with Crippen LogP contribution in [0.15, 0.2) is 0 Å². The lowest BCUT2D eigenvalue weighted by atomic mass is 10.1. The van der Waals surface area contributed by atoms with E-state index in [1.54, 1.807) is 20.8 Å². The highest BCUT2D eigenvalue weighted by Gasteiger charge is 2.28. The Labute approximate surface area is 83.6 Å². The van der Waals surface area contributed by atoms with Crippen LogP contribution < -0.4 is 0 Å². The van der Waals surface area contributed by atoms with Crippen molar-refractivity contribution >= 4 is 5.97 Å². The molecule has 0 amide bonds. The number of alkyl halides is 2. The van der Waals surface area contributed by atoms with Crippen molar-refractivity contribution in [1.29, 1.82) is 0 Å². The van der Waals surface area contributed by atoms with Crippen LogP contribution in [0, 0.1) is 0 Å². The first kappa shape index (κ1) is 13.3. The lowest BCUT2D eigenvalue weighted by Gasteiger charge is -2.20. The number of carbonyl (C=O) groups excluding carboxylic acids is 1. The Balaban J connectivity index is 3.87. The average molecular weight is 208 g/mol. The highest BCUT2D eigenvalue weighted by Crippen LogP contribution is 2.24. The molecule has 0 aromatic carbocycles. The zero-order chi connectivity index (χ0) is 11.4. The minimum atomic E-state index is -2.75. The Morgan fingerprint density at radius 1 is 1.29 bits per heavy atom. The minimum absolute atomic E-state index is 0.224. The van der Waals surface area contributed by atoms with Crippen molar-refractivity contribution in [2.45, 2.75) is 58.5 Å². The number of esters is 1. The molecule has 84 valence electrons. The van der Waals surface area contributed by atoms with E-state index in [9.17, 15) is 13.6 Å². The highest BCUT2D eigenvalue weighted by atomic mass is 19.3. The Kier molecular flexibility index (Phi) is 4.49. The lowest BCUT2D eigenvalue weighted by Crippen LogP contribution is -2.25. The molecule has 0 rings (SSSR count). The lowest BCUT2D eigenvalue weighted by molar-refractivity contribution is -0.157. The van der Waals surface area contributed by atoms with Crippen LogP contribution in [0.3, 0.4) is 0 Å². The van der Waals surface area contributed by atoms with E-state index in [0.29, 0.717) is 0 Å². The maximum atomic E-state index is 12.7. The molecule has 0 N–H and O–H groups in total. The molecule has 0 aromatic heterocycles. The molecule has 0 aliphatic heterocycles. The van der Waals surface area contributed by atoms with Gasteiger partial charge in [0.15, 0.2) is 0 Å². The van der Waals surface area contributed by atoms with Gasteiger partial charge in [-0.15, -0.1) is 0 Å². The summed E-state index contributed by atoms with van der Waals surface area (Å²) in [4.78, 5) is 11.1. The molecular weight excluding hydrogens is 190 g/mol.